The van der Waals surface area contributed by atoms with Crippen molar-refractivity contribution < 1.29 is 9.47 Å². The van der Waals surface area contributed by atoms with Crippen molar-refractivity contribution in [1.82, 2.24) is 0 Å². The van der Waals surface area contributed by atoms with Crippen LogP contribution in [-0.2, 0) is 0 Å². The molecule has 0 radical (unpaired) electrons. The minimum Gasteiger partial charge on any atom is -0.493 e. The third kappa shape index (κ3) is 2.68. The third-order valence-corrected chi connectivity index (χ3v) is 3.27. The van der Waals surface area contributed by atoms with Crippen LogP contribution < -0.4 is 15.2 Å². The molecule has 0 aliphatic carbocycles. The Hall–Kier alpha value is -0.740. The Morgan fingerprint density at radius 3 is 2.06 bits per heavy atom. The lowest BCUT2D eigenvalue weighted by atomic mass is 9.97. The molecule has 0 saturated heterocycles. The van der Waals surface area contributed by atoms with Crippen LogP contribution in [0.15, 0.2) is 16.6 Å². The fourth-order valence-electron chi connectivity index (χ4n) is 1.48. The molecule has 0 spiro atoms. The Balaban J connectivity index is 3.21. The van der Waals surface area contributed by atoms with Gasteiger partial charge in [-0.25, -0.2) is 0 Å². The van der Waals surface area contributed by atoms with Crippen LogP contribution in [0.3, 0.4) is 0 Å². The normalized spacial score (nSPS) is 12.7. The minimum absolute atomic E-state index is 0.0193. The summed E-state index contributed by atoms with van der Waals surface area (Å²) in [5, 5.41) is 0. The highest BCUT2D eigenvalue weighted by molar-refractivity contribution is 9.10. The highest BCUT2D eigenvalue weighted by Gasteiger charge is 2.17. The molecule has 0 heterocycles. The van der Waals surface area contributed by atoms with Gasteiger partial charge < -0.3 is 15.2 Å². The first kappa shape index (κ1) is 13.3. The maximum atomic E-state index is 6.13. The molecule has 4 heteroatoms. The second kappa shape index (κ2) is 5.55. The van der Waals surface area contributed by atoms with E-state index in [0.29, 0.717) is 17.4 Å². The molecule has 3 nitrogen and oxygen atoms in total. The van der Waals surface area contributed by atoms with E-state index in [1.165, 1.54) is 0 Å². The lowest BCUT2D eigenvalue weighted by Crippen LogP contribution is -2.17. The van der Waals surface area contributed by atoms with E-state index in [2.05, 4.69) is 29.8 Å². The van der Waals surface area contributed by atoms with Crippen molar-refractivity contribution in [2.45, 2.75) is 19.9 Å². The zero-order valence-electron chi connectivity index (χ0n) is 10.1. The van der Waals surface area contributed by atoms with Gasteiger partial charge in [0.1, 0.15) is 0 Å². The van der Waals surface area contributed by atoms with E-state index >= 15 is 0 Å². The van der Waals surface area contributed by atoms with Crippen molar-refractivity contribution in [3.63, 3.8) is 0 Å². The van der Waals surface area contributed by atoms with Gasteiger partial charge in [0.15, 0.2) is 11.5 Å². The monoisotopic (exact) mass is 287 g/mol. The molecule has 1 aromatic carbocycles. The van der Waals surface area contributed by atoms with Gasteiger partial charge in [0.2, 0.25) is 0 Å². The summed E-state index contributed by atoms with van der Waals surface area (Å²) in [5.74, 6) is 1.78. The van der Waals surface area contributed by atoms with Gasteiger partial charge in [-0.3, -0.25) is 0 Å². The van der Waals surface area contributed by atoms with Crippen LogP contribution in [0, 0.1) is 5.92 Å². The average molecular weight is 288 g/mol. The van der Waals surface area contributed by atoms with E-state index in [1.807, 2.05) is 12.1 Å². The fourth-order valence-corrected chi connectivity index (χ4v) is 2.07. The van der Waals surface area contributed by atoms with Gasteiger partial charge in [-0.2, -0.15) is 0 Å². The highest BCUT2D eigenvalue weighted by atomic mass is 79.9. The third-order valence-electron chi connectivity index (χ3n) is 2.58. The molecule has 2 N–H and O–H groups in total. The van der Waals surface area contributed by atoms with Crippen LogP contribution in [0.2, 0.25) is 0 Å². The Labute approximate surface area is 105 Å². The first-order chi connectivity index (χ1) is 7.51. The smallest absolute Gasteiger partial charge is 0.161 e. The van der Waals surface area contributed by atoms with E-state index in [9.17, 15) is 0 Å². The topological polar surface area (TPSA) is 44.5 Å². The van der Waals surface area contributed by atoms with Gasteiger partial charge in [0, 0.05) is 10.5 Å². The number of rotatable bonds is 4. The first-order valence-corrected chi connectivity index (χ1v) is 5.97. The molecule has 1 atom stereocenters. The van der Waals surface area contributed by atoms with Crippen LogP contribution >= 0.6 is 15.9 Å². The van der Waals surface area contributed by atoms with E-state index in [-0.39, 0.29) is 6.04 Å². The SMILES string of the molecule is COc1cc(Br)c(C(N)C(C)C)cc1OC. The van der Waals surface area contributed by atoms with E-state index in [0.717, 1.165) is 10.0 Å². The molecular formula is C12H18BrNO2. The molecule has 1 aromatic rings. The molecule has 90 valence electrons. The van der Waals surface area contributed by atoms with E-state index in [4.69, 9.17) is 15.2 Å². The number of benzene rings is 1. The molecule has 0 aliphatic heterocycles. The molecule has 0 fully saturated rings. The Morgan fingerprint density at radius 2 is 1.62 bits per heavy atom. The number of methoxy groups -OCH3 is 2. The Bertz CT molecular complexity index is 366. The van der Waals surface area contributed by atoms with Crippen molar-refractivity contribution >= 4 is 15.9 Å². The summed E-state index contributed by atoms with van der Waals surface area (Å²) in [5.41, 5.74) is 7.16. The maximum absolute atomic E-state index is 6.13. The van der Waals surface area contributed by atoms with E-state index in [1.54, 1.807) is 14.2 Å². The summed E-state index contributed by atoms with van der Waals surface area (Å²) in [6.45, 7) is 4.18. The van der Waals surface area contributed by atoms with Crippen LogP contribution in [0.25, 0.3) is 0 Å². The van der Waals surface area contributed by atoms with E-state index < -0.39 is 0 Å². The first-order valence-electron chi connectivity index (χ1n) is 5.18. The predicted octanol–water partition coefficient (Wildman–Crippen LogP) is 3.12. The number of nitrogens with two attached hydrogens (primary N) is 1. The molecule has 0 amide bonds. The van der Waals surface area contributed by atoms with Crippen LogP contribution in [0.5, 0.6) is 11.5 Å². The summed E-state index contributed by atoms with van der Waals surface area (Å²) >= 11 is 3.50. The molecule has 16 heavy (non-hydrogen) atoms. The van der Waals surface area contributed by atoms with Crippen LogP contribution in [0.1, 0.15) is 25.5 Å². The zero-order valence-corrected chi connectivity index (χ0v) is 11.7. The second-order valence-electron chi connectivity index (χ2n) is 4.00. The molecule has 0 saturated carbocycles. The standard InChI is InChI=1S/C12H18BrNO2/c1-7(2)12(14)8-5-10(15-3)11(16-4)6-9(8)13/h5-7,12H,14H2,1-4H3. The Kier molecular flexibility index (Phi) is 4.62. The fraction of sp³-hybridized carbons (Fsp3) is 0.500. The number of halogens is 1. The second-order valence-corrected chi connectivity index (χ2v) is 4.85. The van der Waals surface area contributed by atoms with Crippen molar-refractivity contribution in [3.8, 4) is 11.5 Å². The quantitative estimate of drug-likeness (QED) is 0.925. The van der Waals surface area contributed by atoms with Gasteiger partial charge in [-0.15, -0.1) is 0 Å². The summed E-state index contributed by atoms with van der Waals surface area (Å²) in [7, 11) is 3.24. The maximum Gasteiger partial charge on any atom is 0.161 e. The summed E-state index contributed by atoms with van der Waals surface area (Å²) in [4.78, 5) is 0. The summed E-state index contributed by atoms with van der Waals surface area (Å²) in [6.07, 6.45) is 0. The van der Waals surface area contributed by atoms with Gasteiger partial charge in [0.05, 0.1) is 14.2 Å². The molecule has 0 aliphatic rings. The summed E-state index contributed by atoms with van der Waals surface area (Å²) < 4.78 is 11.4. The lowest BCUT2D eigenvalue weighted by Gasteiger charge is -2.19. The lowest BCUT2D eigenvalue weighted by molar-refractivity contribution is 0.353. The van der Waals surface area contributed by atoms with Gasteiger partial charge in [-0.05, 0) is 23.6 Å². The molecule has 0 bridgehead atoms. The molecule has 1 rings (SSSR count). The predicted molar refractivity (Wildman–Crippen MR) is 69.0 cm³/mol. The van der Waals surface area contributed by atoms with Crippen molar-refractivity contribution in [3.05, 3.63) is 22.2 Å². The van der Waals surface area contributed by atoms with Crippen LogP contribution in [0.4, 0.5) is 0 Å². The number of hydrogen-bond donors (Lipinski definition) is 1. The average Bonchev–Trinajstić information content (AvgIpc) is 2.27. The molecular weight excluding hydrogens is 270 g/mol. The number of hydrogen-bond acceptors (Lipinski definition) is 3. The molecule has 1 unspecified atom stereocenters. The molecule has 0 aromatic heterocycles. The van der Waals surface area contributed by atoms with Gasteiger partial charge in [0.25, 0.3) is 0 Å². The largest absolute Gasteiger partial charge is 0.493 e. The minimum atomic E-state index is -0.0193. The zero-order chi connectivity index (χ0) is 12.3. The number of ether oxygens (including phenoxy) is 2. The van der Waals surface area contributed by atoms with Gasteiger partial charge >= 0.3 is 0 Å². The van der Waals surface area contributed by atoms with Crippen molar-refractivity contribution in [2.75, 3.05) is 14.2 Å². The summed E-state index contributed by atoms with van der Waals surface area (Å²) in [6, 6.07) is 3.79. The van der Waals surface area contributed by atoms with Gasteiger partial charge in [-0.1, -0.05) is 29.8 Å². The van der Waals surface area contributed by atoms with Crippen molar-refractivity contribution in [1.29, 1.82) is 0 Å². The van der Waals surface area contributed by atoms with Crippen molar-refractivity contribution in [2.24, 2.45) is 11.7 Å². The highest BCUT2D eigenvalue weighted by Crippen LogP contribution is 2.36. The Morgan fingerprint density at radius 1 is 1.12 bits per heavy atom. The van der Waals surface area contributed by atoms with Crippen LogP contribution in [-0.4, -0.2) is 14.2 Å².